The molecular formula is C15H13BrFNO2. The van der Waals surface area contributed by atoms with E-state index in [4.69, 9.17) is 4.42 Å². The molecule has 1 aliphatic heterocycles. The van der Waals surface area contributed by atoms with E-state index in [9.17, 15) is 9.18 Å². The predicted molar refractivity (Wildman–Crippen MR) is 77.6 cm³/mol. The molecule has 0 fully saturated rings. The first kappa shape index (κ1) is 13.4. The number of fused-ring (bicyclic) bond motifs is 1. The van der Waals surface area contributed by atoms with E-state index in [1.807, 2.05) is 19.1 Å². The summed E-state index contributed by atoms with van der Waals surface area (Å²) in [4.78, 5) is 11.0. The van der Waals surface area contributed by atoms with Crippen molar-refractivity contribution in [3.63, 3.8) is 0 Å². The molecule has 20 heavy (non-hydrogen) atoms. The number of benzene rings is 1. The fourth-order valence-corrected chi connectivity index (χ4v) is 2.96. The molecule has 1 unspecified atom stereocenters. The molecule has 0 bridgehead atoms. The minimum absolute atomic E-state index is 0.0679. The van der Waals surface area contributed by atoms with Crippen molar-refractivity contribution in [1.82, 2.24) is 0 Å². The van der Waals surface area contributed by atoms with E-state index < -0.39 is 0 Å². The minimum atomic E-state index is -0.359. The van der Waals surface area contributed by atoms with Gasteiger partial charge in [-0.15, -0.1) is 0 Å². The Kier molecular flexibility index (Phi) is 3.38. The van der Waals surface area contributed by atoms with Gasteiger partial charge in [-0.05, 0) is 43.2 Å². The number of hydrogen-bond acceptors (Lipinski definition) is 2. The van der Waals surface area contributed by atoms with Crippen molar-refractivity contribution >= 4 is 27.5 Å². The van der Waals surface area contributed by atoms with Gasteiger partial charge in [0.15, 0.2) is 0 Å². The number of anilines is 1. The quantitative estimate of drug-likeness (QED) is 0.838. The van der Waals surface area contributed by atoms with Crippen LogP contribution in [-0.2, 0) is 11.2 Å². The van der Waals surface area contributed by atoms with Crippen molar-refractivity contribution in [2.24, 2.45) is 0 Å². The molecule has 1 amide bonds. The number of halogens is 2. The fourth-order valence-electron chi connectivity index (χ4n) is 2.36. The van der Waals surface area contributed by atoms with Crippen molar-refractivity contribution in [3.8, 4) is 0 Å². The normalized spacial score (nSPS) is 15.7. The van der Waals surface area contributed by atoms with Gasteiger partial charge >= 0.3 is 0 Å². The maximum Gasteiger partial charge on any atom is 0.224 e. The molecule has 0 radical (unpaired) electrons. The van der Waals surface area contributed by atoms with Gasteiger partial charge in [0.05, 0.1) is 0 Å². The zero-order valence-corrected chi connectivity index (χ0v) is 12.5. The van der Waals surface area contributed by atoms with Crippen molar-refractivity contribution in [1.29, 1.82) is 0 Å². The first-order valence-corrected chi connectivity index (χ1v) is 7.29. The standard InChI is InChI=1S/C15H13BrFNO2/c1-8-2-4-13(20-8)15(16)10-6-9-3-5-14(19)18-12(9)7-11(10)17/h2,4,6-7,15H,3,5H2,1H3,(H,18,19). The highest BCUT2D eigenvalue weighted by Crippen LogP contribution is 2.36. The zero-order valence-electron chi connectivity index (χ0n) is 10.9. The van der Waals surface area contributed by atoms with Crippen LogP contribution in [-0.4, -0.2) is 5.91 Å². The largest absolute Gasteiger partial charge is 0.465 e. The fraction of sp³-hybridized carbons (Fsp3) is 0.267. The van der Waals surface area contributed by atoms with E-state index in [-0.39, 0.29) is 16.6 Å². The third-order valence-corrected chi connectivity index (χ3v) is 4.35. The molecule has 0 saturated carbocycles. The Hall–Kier alpha value is -1.62. The number of carbonyl (C=O) groups is 1. The summed E-state index contributed by atoms with van der Waals surface area (Å²) < 4.78 is 19.8. The monoisotopic (exact) mass is 337 g/mol. The van der Waals surface area contributed by atoms with E-state index in [1.165, 1.54) is 6.07 Å². The average Bonchev–Trinajstić information content (AvgIpc) is 2.84. The molecule has 1 N–H and O–H groups in total. The lowest BCUT2D eigenvalue weighted by molar-refractivity contribution is -0.116. The van der Waals surface area contributed by atoms with Crippen LogP contribution in [0.4, 0.5) is 10.1 Å². The van der Waals surface area contributed by atoms with E-state index >= 15 is 0 Å². The Balaban J connectivity index is 2.00. The molecule has 3 nitrogen and oxygen atoms in total. The lowest BCUT2D eigenvalue weighted by Crippen LogP contribution is -2.19. The Morgan fingerprint density at radius 1 is 1.35 bits per heavy atom. The van der Waals surface area contributed by atoms with Gasteiger partial charge in [0.2, 0.25) is 5.91 Å². The number of carbonyl (C=O) groups excluding carboxylic acids is 1. The highest BCUT2D eigenvalue weighted by atomic mass is 79.9. The third kappa shape index (κ3) is 2.38. The van der Waals surface area contributed by atoms with Crippen LogP contribution in [0.3, 0.4) is 0 Å². The molecule has 5 heteroatoms. The van der Waals surface area contributed by atoms with Crippen LogP contribution in [0, 0.1) is 12.7 Å². The average molecular weight is 338 g/mol. The summed E-state index contributed by atoms with van der Waals surface area (Å²) in [5.41, 5.74) is 2.04. The highest BCUT2D eigenvalue weighted by Gasteiger charge is 2.23. The summed E-state index contributed by atoms with van der Waals surface area (Å²) in [7, 11) is 0. The molecule has 2 aromatic rings. The molecule has 0 saturated heterocycles. The van der Waals surface area contributed by atoms with Crippen LogP contribution >= 0.6 is 15.9 Å². The second-order valence-corrected chi connectivity index (χ2v) is 5.81. The second kappa shape index (κ2) is 5.05. The number of nitrogens with one attached hydrogen (secondary N) is 1. The zero-order chi connectivity index (χ0) is 14.3. The van der Waals surface area contributed by atoms with Crippen LogP contribution in [0.25, 0.3) is 0 Å². The summed E-state index contributed by atoms with van der Waals surface area (Å²) >= 11 is 3.48. The Morgan fingerprint density at radius 2 is 2.15 bits per heavy atom. The molecule has 1 aromatic heterocycles. The number of aryl methyl sites for hydroxylation is 2. The van der Waals surface area contributed by atoms with Gasteiger partial charge in [0.1, 0.15) is 22.2 Å². The van der Waals surface area contributed by atoms with Crippen LogP contribution < -0.4 is 5.32 Å². The molecule has 0 spiro atoms. The SMILES string of the molecule is Cc1ccc(C(Br)c2cc3c(cc2F)NC(=O)CC3)o1. The highest BCUT2D eigenvalue weighted by molar-refractivity contribution is 9.09. The van der Waals surface area contributed by atoms with E-state index in [1.54, 1.807) is 6.07 Å². The summed E-state index contributed by atoms with van der Waals surface area (Å²) in [6.07, 6.45) is 1.07. The molecule has 104 valence electrons. The number of rotatable bonds is 2. The molecular weight excluding hydrogens is 325 g/mol. The van der Waals surface area contributed by atoms with Crippen molar-refractivity contribution < 1.29 is 13.6 Å². The van der Waals surface area contributed by atoms with Gasteiger partial charge in [0.25, 0.3) is 0 Å². The second-order valence-electron chi connectivity index (χ2n) is 4.89. The summed E-state index contributed by atoms with van der Waals surface area (Å²) in [5.74, 6) is 1.03. The van der Waals surface area contributed by atoms with Crippen molar-refractivity contribution in [2.75, 3.05) is 5.32 Å². The number of amides is 1. The first-order chi connectivity index (χ1) is 9.54. The van der Waals surface area contributed by atoms with Crippen molar-refractivity contribution in [2.45, 2.75) is 24.6 Å². The third-order valence-electron chi connectivity index (χ3n) is 3.40. The van der Waals surface area contributed by atoms with Gasteiger partial charge in [-0.2, -0.15) is 0 Å². The number of furan rings is 1. The Morgan fingerprint density at radius 3 is 2.85 bits per heavy atom. The summed E-state index contributed by atoms with van der Waals surface area (Å²) in [5, 5.41) is 2.69. The number of alkyl halides is 1. The maximum atomic E-state index is 14.2. The first-order valence-electron chi connectivity index (χ1n) is 6.37. The van der Waals surface area contributed by atoms with Gasteiger partial charge < -0.3 is 9.73 Å². The van der Waals surface area contributed by atoms with Crippen LogP contribution in [0.2, 0.25) is 0 Å². The van der Waals surface area contributed by atoms with E-state index in [0.717, 1.165) is 11.3 Å². The summed E-state index contributed by atoms with van der Waals surface area (Å²) in [6.45, 7) is 1.85. The smallest absolute Gasteiger partial charge is 0.224 e. The molecule has 1 aromatic carbocycles. The van der Waals surface area contributed by atoms with E-state index in [0.29, 0.717) is 29.9 Å². The molecule has 1 aliphatic rings. The number of hydrogen-bond donors (Lipinski definition) is 1. The summed E-state index contributed by atoms with van der Waals surface area (Å²) in [6, 6.07) is 6.85. The predicted octanol–water partition coefficient (Wildman–Crippen LogP) is 4.10. The van der Waals surface area contributed by atoms with Gasteiger partial charge in [0, 0.05) is 17.7 Å². The van der Waals surface area contributed by atoms with E-state index in [2.05, 4.69) is 21.2 Å². The topological polar surface area (TPSA) is 42.2 Å². The molecule has 3 rings (SSSR count). The van der Waals surface area contributed by atoms with Gasteiger partial charge in [-0.25, -0.2) is 4.39 Å². The van der Waals surface area contributed by atoms with Gasteiger partial charge in [-0.1, -0.05) is 15.9 Å². The molecule has 0 aliphatic carbocycles. The van der Waals surface area contributed by atoms with Crippen LogP contribution in [0.15, 0.2) is 28.7 Å². The maximum absolute atomic E-state index is 14.2. The molecule has 2 heterocycles. The Bertz CT molecular complexity index is 681. The lowest BCUT2D eigenvalue weighted by atomic mass is 9.98. The van der Waals surface area contributed by atoms with Crippen molar-refractivity contribution in [3.05, 3.63) is 52.7 Å². The van der Waals surface area contributed by atoms with Gasteiger partial charge in [-0.3, -0.25) is 4.79 Å². The van der Waals surface area contributed by atoms with Crippen LogP contribution in [0.1, 0.15) is 33.9 Å². The molecule has 1 atom stereocenters. The Labute approximate surface area is 124 Å². The lowest BCUT2D eigenvalue weighted by Gasteiger charge is -2.19. The minimum Gasteiger partial charge on any atom is -0.465 e. The van der Waals surface area contributed by atoms with Crippen LogP contribution in [0.5, 0.6) is 0 Å².